The second-order valence-corrected chi connectivity index (χ2v) is 7.25. The van der Waals surface area contributed by atoms with Gasteiger partial charge in [-0.05, 0) is 57.4 Å². The van der Waals surface area contributed by atoms with Gasteiger partial charge in [-0.1, -0.05) is 12.1 Å². The predicted octanol–water partition coefficient (Wildman–Crippen LogP) is 4.65. The lowest BCUT2D eigenvalue weighted by Gasteiger charge is -2.08. The molecule has 1 heterocycles. The largest absolute Gasteiger partial charge is 0.494 e. The summed E-state index contributed by atoms with van der Waals surface area (Å²) in [7, 11) is 0. The summed E-state index contributed by atoms with van der Waals surface area (Å²) >= 11 is 1.40. The molecule has 0 fully saturated rings. The van der Waals surface area contributed by atoms with Crippen LogP contribution in [-0.2, 0) is 9.53 Å². The summed E-state index contributed by atoms with van der Waals surface area (Å²) < 4.78 is 10.8. The first-order valence-electron chi connectivity index (χ1n) is 8.68. The van der Waals surface area contributed by atoms with Crippen LogP contribution in [0.1, 0.15) is 46.1 Å². The van der Waals surface area contributed by atoms with E-state index >= 15 is 0 Å². The average Bonchev–Trinajstić information content (AvgIpc) is 2.86. The van der Waals surface area contributed by atoms with Gasteiger partial charge in [-0.2, -0.15) is 0 Å². The van der Waals surface area contributed by atoms with E-state index in [1.165, 1.54) is 11.3 Å². The first-order chi connectivity index (χ1) is 12.4. The number of carbonyl (C=O) groups excluding carboxylic acids is 2. The van der Waals surface area contributed by atoms with Crippen LogP contribution in [0.3, 0.4) is 0 Å². The van der Waals surface area contributed by atoms with Gasteiger partial charge in [0, 0.05) is 11.3 Å². The number of hydrogen-bond acceptors (Lipinski definition) is 5. The number of thiophene rings is 1. The Labute approximate surface area is 158 Å². The van der Waals surface area contributed by atoms with Gasteiger partial charge in [0.1, 0.15) is 10.8 Å². The lowest BCUT2D eigenvalue weighted by atomic mass is 10.1. The monoisotopic (exact) mass is 375 g/mol. The zero-order valence-electron chi connectivity index (χ0n) is 15.7. The number of ether oxygens (including phenoxy) is 2. The number of aryl methyl sites for hydroxylation is 2. The van der Waals surface area contributed by atoms with E-state index in [1.54, 1.807) is 6.92 Å². The van der Waals surface area contributed by atoms with Crippen LogP contribution in [-0.4, -0.2) is 25.1 Å². The first-order valence-corrected chi connectivity index (χ1v) is 9.50. The van der Waals surface area contributed by atoms with Crippen molar-refractivity contribution in [2.45, 2.75) is 40.5 Å². The molecule has 0 saturated carbocycles. The van der Waals surface area contributed by atoms with Gasteiger partial charge in [0.15, 0.2) is 0 Å². The molecule has 0 saturated heterocycles. The molecule has 0 radical (unpaired) electrons. The van der Waals surface area contributed by atoms with E-state index in [0.717, 1.165) is 21.8 Å². The van der Waals surface area contributed by atoms with E-state index in [9.17, 15) is 9.59 Å². The van der Waals surface area contributed by atoms with Gasteiger partial charge in [0.2, 0.25) is 5.91 Å². The van der Waals surface area contributed by atoms with Gasteiger partial charge in [-0.3, -0.25) is 4.79 Å². The van der Waals surface area contributed by atoms with E-state index in [1.807, 2.05) is 45.0 Å². The molecule has 0 spiro atoms. The Kier molecular flexibility index (Phi) is 7.21. The highest BCUT2D eigenvalue weighted by molar-refractivity contribution is 7.16. The summed E-state index contributed by atoms with van der Waals surface area (Å²) in [6.45, 7) is 8.32. The summed E-state index contributed by atoms with van der Waals surface area (Å²) in [5.41, 5.74) is 2.44. The second kappa shape index (κ2) is 9.38. The molecule has 0 aliphatic heterocycles. The topological polar surface area (TPSA) is 64.6 Å². The van der Waals surface area contributed by atoms with Crippen LogP contribution in [0.15, 0.2) is 24.3 Å². The molecule has 0 aliphatic carbocycles. The molecular formula is C20H25NO4S. The third kappa shape index (κ3) is 5.33. The SMILES string of the molecule is CCOC(=O)c1c(NC(=O)CCCOc2cccc(C)c2)sc(C)c1C. The molecule has 1 N–H and O–H groups in total. The van der Waals surface area contributed by atoms with Gasteiger partial charge in [-0.25, -0.2) is 4.79 Å². The fourth-order valence-corrected chi connectivity index (χ4v) is 3.55. The normalized spacial score (nSPS) is 10.5. The fourth-order valence-electron chi connectivity index (χ4n) is 2.48. The lowest BCUT2D eigenvalue weighted by molar-refractivity contribution is -0.116. The summed E-state index contributed by atoms with van der Waals surface area (Å²) in [5, 5.41) is 3.40. The minimum absolute atomic E-state index is 0.135. The molecule has 26 heavy (non-hydrogen) atoms. The molecule has 2 aromatic rings. The molecule has 0 bridgehead atoms. The van der Waals surface area contributed by atoms with Crippen LogP contribution in [0.4, 0.5) is 5.00 Å². The fraction of sp³-hybridized carbons (Fsp3) is 0.400. The van der Waals surface area contributed by atoms with Crippen molar-refractivity contribution < 1.29 is 19.1 Å². The Balaban J connectivity index is 1.88. The Bertz CT molecular complexity index is 782. The van der Waals surface area contributed by atoms with Crippen molar-refractivity contribution in [3.63, 3.8) is 0 Å². The Hall–Kier alpha value is -2.34. The molecule has 0 atom stereocenters. The highest BCUT2D eigenvalue weighted by Gasteiger charge is 2.21. The van der Waals surface area contributed by atoms with Crippen LogP contribution in [0.5, 0.6) is 5.75 Å². The van der Waals surface area contributed by atoms with Crippen LogP contribution in [0, 0.1) is 20.8 Å². The van der Waals surface area contributed by atoms with E-state index in [-0.39, 0.29) is 5.91 Å². The number of nitrogens with one attached hydrogen (secondary N) is 1. The average molecular weight is 375 g/mol. The van der Waals surface area contributed by atoms with Crippen molar-refractivity contribution in [2.24, 2.45) is 0 Å². The Morgan fingerprint density at radius 1 is 1.19 bits per heavy atom. The number of carbonyl (C=O) groups is 2. The van der Waals surface area contributed by atoms with Gasteiger partial charge in [0.25, 0.3) is 0 Å². The molecule has 6 heteroatoms. The highest BCUT2D eigenvalue weighted by atomic mass is 32.1. The van der Waals surface area contributed by atoms with Crippen molar-refractivity contribution in [1.29, 1.82) is 0 Å². The maximum Gasteiger partial charge on any atom is 0.341 e. The van der Waals surface area contributed by atoms with Crippen molar-refractivity contribution >= 4 is 28.2 Å². The van der Waals surface area contributed by atoms with Gasteiger partial charge in [-0.15, -0.1) is 11.3 Å². The number of amides is 1. The number of esters is 1. The zero-order valence-corrected chi connectivity index (χ0v) is 16.5. The van der Waals surface area contributed by atoms with Crippen molar-refractivity contribution in [2.75, 3.05) is 18.5 Å². The summed E-state index contributed by atoms with van der Waals surface area (Å²) in [5.74, 6) is 0.275. The van der Waals surface area contributed by atoms with Crippen LogP contribution < -0.4 is 10.1 Å². The maximum absolute atomic E-state index is 12.2. The van der Waals surface area contributed by atoms with Gasteiger partial charge in [0.05, 0.1) is 18.8 Å². The first kappa shape index (κ1) is 20.0. The molecule has 5 nitrogen and oxygen atoms in total. The summed E-state index contributed by atoms with van der Waals surface area (Å²) in [6, 6.07) is 7.81. The summed E-state index contributed by atoms with van der Waals surface area (Å²) in [4.78, 5) is 25.3. The number of rotatable bonds is 8. The standard InChI is InChI=1S/C20H25NO4S/c1-5-24-20(23)18-14(3)15(4)26-19(18)21-17(22)10-7-11-25-16-9-6-8-13(2)12-16/h6,8-9,12H,5,7,10-11H2,1-4H3,(H,21,22). The molecule has 2 rings (SSSR count). The minimum Gasteiger partial charge on any atom is -0.494 e. The third-order valence-corrected chi connectivity index (χ3v) is 5.05. The van der Waals surface area contributed by atoms with Crippen LogP contribution in [0.25, 0.3) is 0 Å². The van der Waals surface area contributed by atoms with Crippen molar-refractivity contribution in [3.05, 3.63) is 45.8 Å². The highest BCUT2D eigenvalue weighted by Crippen LogP contribution is 2.33. The molecule has 0 unspecified atom stereocenters. The van der Waals surface area contributed by atoms with Crippen LogP contribution in [0.2, 0.25) is 0 Å². The Morgan fingerprint density at radius 3 is 2.65 bits per heavy atom. The molecule has 1 amide bonds. The molecule has 140 valence electrons. The van der Waals surface area contributed by atoms with E-state index in [0.29, 0.717) is 36.6 Å². The number of benzene rings is 1. The van der Waals surface area contributed by atoms with Crippen molar-refractivity contribution in [3.8, 4) is 5.75 Å². The smallest absolute Gasteiger partial charge is 0.341 e. The van der Waals surface area contributed by atoms with Crippen molar-refractivity contribution in [1.82, 2.24) is 0 Å². The van der Waals surface area contributed by atoms with Gasteiger partial charge < -0.3 is 14.8 Å². The van der Waals surface area contributed by atoms with E-state index < -0.39 is 5.97 Å². The maximum atomic E-state index is 12.2. The Morgan fingerprint density at radius 2 is 1.96 bits per heavy atom. The van der Waals surface area contributed by atoms with Gasteiger partial charge >= 0.3 is 5.97 Å². The molecule has 1 aromatic heterocycles. The zero-order chi connectivity index (χ0) is 19.1. The van der Waals surface area contributed by atoms with E-state index in [2.05, 4.69) is 5.32 Å². The lowest BCUT2D eigenvalue weighted by Crippen LogP contribution is -2.15. The molecular weight excluding hydrogens is 350 g/mol. The predicted molar refractivity (Wildman–Crippen MR) is 104 cm³/mol. The van der Waals surface area contributed by atoms with Crippen LogP contribution >= 0.6 is 11.3 Å². The summed E-state index contributed by atoms with van der Waals surface area (Å²) in [6.07, 6.45) is 0.919. The molecule has 0 aliphatic rings. The molecule has 1 aromatic carbocycles. The minimum atomic E-state index is -0.396. The number of hydrogen-bond donors (Lipinski definition) is 1. The van der Waals surface area contributed by atoms with E-state index in [4.69, 9.17) is 9.47 Å². The second-order valence-electron chi connectivity index (χ2n) is 6.02. The quantitative estimate of drug-likeness (QED) is 0.539. The number of anilines is 1. The third-order valence-electron chi connectivity index (χ3n) is 3.92.